The fraction of sp³-hybridized carbons (Fsp3) is 0.643. The summed E-state index contributed by atoms with van der Waals surface area (Å²) in [5.74, 6) is 0. The van der Waals surface area contributed by atoms with Crippen LogP contribution in [0.4, 0.5) is 5.69 Å². The Morgan fingerprint density at radius 2 is 2.35 bits per heavy atom. The molecule has 0 saturated carbocycles. The predicted molar refractivity (Wildman–Crippen MR) is 72.5 cm³/mol. The van der Waals surface area contributed by atoms with Crippen LogP contribution in [0.1, 0.15) is 31.2 Å². The molecule has 1 fully saturated rings. The Kier molecular flexibility index (Phi) is 4.37. The first-order chi connectivity index (χ1) is 8.33. The molecule has 1 aromatic rings. The first kappa shape index (κ1) is 12.4. The van der Waals surface area contributed by atoms with Crippen molar-refractivity contribution >= 4 is 5.69 Å². The molecule has 1 aliphatic heterocycles. The molecule has 0 bridgehead atoms. The van der Waals surface area contributed by atoms with Gasteiger partial charge in [-0.25, -0.2) is 0 Å². The summed E-state index contributed by atoms with van der Waals surface area (Å²) in [6.07, 6.45) is 9.12. The average molecular weight is 233 g/mol. The highest BCUT2D eigenvalue weighted by Gasteiger charge is 2.22. The Morgan fingerprint density at radius 3 is 3.12 bits per heavy atom. The van der Waals surface area contributed by atoms with Gasteiger partial charge in [0, 0.05) is 30.7 Å². The highest BCUT2D eigenvalue weighted by Crippen LogP contribution is 2.28. The van der Waals surface area contributed by atoms with E-state index in [0.717, 1.165) is 6.54 Å². The van der Waals surface area contributed by atoms with Gasteiger partial charge in [-0.15, -0.1) is 0 Å². The molecule has 0 aromatic carbocycles. The minimum Gasteiger partial charge on any atom is -0.368 e. The fourth-order valence-corrected chi connectivity index (χ4v) is 2.72. The number of rotatable bonds is 4. The van der Waals surface area contributed by atoms with Gasteiger partial charge in [-0.2, -0.15) is 0 Å². The molecular formula is C14H23N3. The maximum atomic E-state index is 4.19. The van der Waals surface area contributed by atoms with Crippen LogP contribution in [0.5, 0.6) is 0 Å². The van der Waals surface area contributed by atoms with Crippen LogP contribution in [0, 0.1) is 6.92 Å². The molecule has 0 aliphatic carbocycles. The summed E-state index contributed by atoms with van der Waals surface area (Å²) >= 11 is 0. The molecule has 1 unspecified atom stereocenters. The van der Waals surface area contributed by atoms with Gasteiger partial charge in [0.25, 0.3) is 0 Å². The van der Waals surface area contributed by atoms with Crippen molar-refractivity contribution in [1.29, 1.82) is 0 Å². The SMILES string of the molecule is CNCCC1CCCCN1c1ccncc1C. The van der Waals surface area contributed by atoms with Crippen LogP contribution in [-0.4, -0.2) is 31.2 Å². The average Bonchev–Trinajstić information content (AvgIpc) is 2.37. The second kappa shape index (κ2) is 6.01. The van der Waals surface area contributed by atoms with Gasteiger partial charge in [0.05, 0.1) is 0 Å². The maximum absolute atomic E-state index is 4.19. The Hall–Kier alpha value is -1.09. The van der Waals surface area contributed by atoms with E-state index in [2.05, 4.69) is 28.2 Å². The number of piperidine rings is 1. The van der Waals surface area contributed by atoms with Gasteiger partial charge in [0.15, 0.2) is 0 Å². The zero-order chi connectivity index (χ0) is 12.1. The second-order valence-corrected chi connectivity index (χ2v) is 4.90. The Labute approximate surface area is 104 Å². The Morgan fingerprint density at radius 1 is 1.47 bits per heavy atom. The summed E-state index contributed by atoms with van der Waals surface area (Å²) in [6.45, 7) is 4.45. The maximum Gasteiger partial charge on any atom is 0.0429 e. The summed E-state index contributed by atoms with van der Waals surface area (Å²) in [5, 5.41) is 3.26. The van der Waals surface area contributed by atoms with Gasteiger partial charge < -0.3 is 10.2 Å². The molecule has 3 heteroatoms. The van der Waals surface area contributed by atoms with E-state index in [1.54, 1.807) is 0 Å². The number of anilines is 1. The van der Waals surface area contributed by atoms with Gasteiger partial charge in [0.1, 0.15) is 0 Å². The quantitative estimate of drug-likeness (QED) is 0.865. The molecule has 0 amide bonds. The molecule has 1 N–H and O–H groups in total. The van der Waals surface area contributed by atoms with Gasteiger partial charge in [-0.1, -0.05) is 0 Å². The topological polar surface area (TPSA) is 28.2 Å². The molecule has 2 heterocycles. The third-order valence-corrected chi connectivity index (χ3v) is 3.65. The van der Waals surface area contributed by atoms with Gasteiger partial charge >= 0.3 is 0 Å². The smallest absolute Gasteiger partial charge is 0.0429 e. The fourth-order valence-electron chi connectivity index (χ4n) is 2.72. The van der Waals surface area contributed by atoms with Gasteiger partial charge in [-0.3, -0.25) is 4.98 Å². The van der Waals surface area contributed by atoms with Crippen molar-refractivity contribution in [3.63, 3.8) is 0 Å². The van der Waals surface area contributed by atoms with E-state index < -0.39 is 0 Å². The van der Waals surface area contributed by atoms with Crippen LogP contribution in [0.3, 0.4) is 0 Å². The Bertz CT molecular complexity index is 351. The number of nitrogens with zero attached hydrogens (tertiary/aromatic N) is 2. The summed E-state index contributed by atoms with van der Waals surface area (Å²) in [7, 11) is 2.03. The lowest BCUT2D eigenvalue weighted by Crippen LogP contribution is -2.41. The second-order valence-electron chi connectivity index (χ2n) is 4.90. The molecule has 1 aliphatic rings. The number of aromatic nitrogens is 1. The number of hydrogen-bond donors (Lipinski definition) is 1. The van der Waals surface area contributed by atoms with Crippen LogP contribution in [-0.2, 0) is 0 Å². The predicted octanol–water partition coefficient (Wildman–Crippen LogP) is 2.36. The molecule has 1 saturated heterocycles. The molecule has 1 atom stereocenters. The van der Waals surface area contributed by atoms with Crippen LogP contribution in [0.25, 0.3) is 0 Å². The lowest BCUT2D eigenvalue weighted by Gasteiger charge is -2.38. The molecule has 2 rings (SSSR count). The summed E-state index contributed by atoms with van der Waals surface area (Å²) in [4.78, 5) is 6.77. The van der Waals surface area contributed by atoms with Gasteiger partial charge in [0.2, 0.25) is 0 Å². The molecule has 3 nitrogen and oxygen atoms in total. The lowest BCUT2D eigenvalue weighted by atomic mass is 9.98. The third-order valence-electron chi connectivity index (χ3n) is 3.65. The van der Waals surface area contributed by atoms with E-state index in [-0.39, 0.29) is 0 Å². The molecule has 1 aromatic heterocycles. The minimum absolute atomic E-state index is 0.692. The van der Waals surface area contributed by atoms with Crippen LogP contribution >= 0.6 is 0 Å². The largest absolute Gasteiger partial charge is 0.368 e. The van der Waals surface area contributed by atoms with E-state index in [9.17, 15) is 0 Å². The van der Waals surface area contributed by atoms with Crippen molar-refractivity contribution in [1.82, 2.24) is 10.3 Å². The lowest BCUT2D eigenvalue weighted by molar-refractivity contribution is 0.433. The highest BCUT2D eigenvalue weighted by atomic mass is 15.2. The number of hydrogen-bond acceptors (Lipinski definition) is 3. The van der Waals surface area contributed by atoms with Crippen LogP contribution in [0.2, 0.25) is 0 Å². The van der Waals surface area contributed by atoms with E-state index in [1.807, 2.05) is 19.4 Å². The highest BCUT2D eigenvalue weighted by molar-refractivity contribution is 5.52. The zero-order valence-electron chi connectivity index (χ0n) is 10.9. The van der Waals surface area contributed by atoms with Crippen molar-refractivity contribution in [2.24, 2.45) is 0 Å². The normalized spacial score (nSPS) is 20.6. The van der Waals surface area contributed by atoms with E-state index >= 15 is 0 Å². The summed E-state index contributed by atoms with van der Waals surface area (Å²) in [5.41, 5.74) is 2.67. The molecule has 0 spiro atoms. The van der Waals surface area contributed by atoms with E-state index in [4.69, 9.17) is 0 Å². The Balaban J connectivity index is 2.13. The van der Waals surface area contributed by atoms with Gasteiger partial charge in [-0.05, 0) is 57.8 Å². The monoisotopic (exact) mass is 233 g/mol. The van der Waals surface area contributed by atoms with Crippen molar-refractivity contribution < 1.29 is 0 Å². The molecule has 17 heavy (non-hydrogen) atoms. The first-order valence-corrected chi connectivity index (χ1v) is 6.65. The molecule has 94 valence electrons. The number of pyridine rings is 1. The zero-order valence-corrected chi connectivity index (χ0v) is 10.9. The molecular weight excluding hydrogens is 210 g/mol. The minimum atomic E-state index is 0.692. The van der Waals surface area contributed by atoms with Crippen LogP contribution < -0.4 is 10.2 Å². The third kappa shape index (κ3) is 2.97. The number of aryl methyl sites for hydroxylation is 1. The van der Waals surface area contributed by atoms with Crippen molar-refractivity contribution in [3.05, 3.63) is 24.0 Å². The van der Waals surface area contributed by atoms with Crippen molar-refractivity contribution in [2.45, 2.75) is 38.6 Å². The number of nitrogens with one attached hydrogen (secondary N) is 1. The van der Waals surface area contributed by atoms with E-state index in [1.165, 1.54) is 43.5 Å². The van der Waals surface area contributed by atoms with Crippen molar-refractivity contribution in [3.8, 4) is 0 Å². The first-order valence-electron chi connectivity index (χ1n) is 6.65. The summed E-state index contributed by atoms with van der Waals surface area (Å²) < 4.78 is 0. The molecule has 0 radical (unpaired) electrons. The van der Waals surface area contributed by atoms with E-state index in [0.29, 0.717) is 6.04 Å². The summed E-state index contributed by atoms with van der Waals surface area (Å²) in [6, 6.07) is 2.85. The van der Waals surface area contributed by atoms with Crippen molar-refractivity contribution in [2.75, 3.05) is 25.0 Å². The standard InChI is InChI=1S/C14H23N3/c1-12-11-16-9-7-14(12)17-10-4-3-5-13(17)6-8-15-2/h7,9,11,13,15H,3-6,8,10H2,1-2H3. The van der Waals surface area contributed by atoms with Crippen LogP contribution in [0.15, 0.2) is 18.5 Å².